The fraction of sp³-hybridized carbons (Fsp3) is 0.500. The number of rotatable bonds is 6. The molecule has 0 aliphatic carbocycles. The Balaban J connectivity index is -0.000000116. The largest absolute Gasteiger partial charge is 1.00 e. The average molecular weight is 312 g/mol. The van der Waals surface area contributed by atoms with Crippen molar-refractivity contribution in [3.63, 3.8) is 0 Å². The van der Waals surface area contributed by atoms with E-state index in [1.807, 2.05) is 0 Å². The number of carbonyl (C=O) groups excluding carboxylic acids is 2. The van der Waals surface area contributed by atoms with Gasteiger partial charge in [0.05, 0.1) is 18.5 Å². The summed E-state index contributed by atoms with van der Waals surface area (Å²) in [6.45, 7) is 0. The number of aliphatic carboxylic acids is 4. The molecule has 2 atom stereocenters. The third kappa shape index (κ3) is 20.1. The van der Waals surface area contributed by atoms with E-state index in [-0.39, 0.29) is 59.1 Å². The van der Waals surface area contributed by atoms with Crippen LogP contribution >= 0.6 is 0 Å². The maximum absolute atomic E-state index is 9.72. The molecule has 0 radical (unpaired) electrons. The van der Waals surface area contributed by atoms with Crippen LogP contribution in [0.5, 0.6) is 0 Å². The number of aliphatic hydroxyl groups excluding tert-OH is 2. The second-order valence-electron chi connectivity index (χ2n) is 2.86. The molecule has 0 aliphatic rings. The molecule has 0 rings (SSSR count). The van der Waals surface area contributed by atoms with Crippen molar-refractivity contribution in [3.8, 4) is 0 Å². The van der Waals surface area contributed by atoms with Gasteiger partial charge in [-0.2, -0.15) is 0 Å². The van der Waals surface area contributed by atoms with Crippen molar-refractivity contribution in [3.05, 3.63) is 0 Å². The summed E-state index contributed by atoms with van der Waals surface area (Å²) in [4.78, 5) is 38.5. The first-order chi connectivity index (χ1) is 8.07. The van der Waals surface area contributed by atoms with E-state index in [4.69, 9.17) is 20.4 Å². The van der Waals surface area contributed by atoms with Gasteiger partial charge in [-0.1, -0.05) is 0 Å². The number of hydrogen-bond acceptors (Lipinski definition) is 8. The molecule has 0 bridgehead atoms. The SMILES string of the molecule is O=C(O)CC(O)C(=O)O.O=C([O-])CC(O)C(=O)[O-].[Na+].[Na+]. The van der Waals surface area contributed by atoms with E-state index in [2.05, 4.69) is 0 Å². The van der Waals surface area contributed by atoms with E-state index in [9.17, 15) is 29.4 Å². The molecule has 20 heavy (non-hydrogen) atoms. The number of carboxylic acids is 4. The Morgan fingerprint density at radius 3 is 1.35 bits per heavy atom. The van der Waals surface area contributed by atoms with Crippen LogP contribution in [0.15, 0.2) is 0 Å². The summed E-state index contributed by atoms with van der Waals surface area (Å²) >= 11 is 0. The van der Waals surface area contributed by atoms with Crippen molar-refractivity contribution in [2.24, 2.45) is 0 Å². The predicted octanol–water partition coefficient (Wildman–Crippen LogP) is -10.8. The first-order valence-corrected chi connectivity index (χ1v) is 4.29. The Morgan fingerprint density at radius 2 is 1.25 bits per heavy atom. The van der Waals surface area contributed by atoms with Crippen LogP contribution in [0.2, 0.25) is 0 Å². The van der Waals surface area contributed by atoms with Gasteiger partial charge >= 0.3 is 71.1 Å². The number of carbonyl (C=O) groups is 4. The summed E-state index contributed by atoms with van der Waals surface area (Å²) in [5, 5.41) is 51.5. The van der Waals surface area contributed by atoms with Crippen molar-refractivity contribution >= 4 is 23.9 Å². The minimum atomic E-state index is -1.96. The van der Waals surface area contributed by atoms with Gasteiger partial charge in [-0.15, -0.1) is 0 Å². The van der Waals surface area contributed by atoms with E-state index in [0.29, 0.717) is 0 Å². The van der Waals surface area contributed by atoms with Crippen LogP contribution in [0, 0.1) is 0 Å². The van der Waals surface area contributed by atoms with Crippen LogP contribution in [-0.4, -0.2) is 56.5 Å². The minimum absolute atomic E-state index is 0. The Bertz CT molecular complexity index is 299. The predicted molar refractivity (Wildman–Crippen MR) is 46.5 cm³/mol. The molecule has 0 saturated heterocycles. The molecule has 0 heterocycles. The minimum Gasteiger partial charge on any atom is -0.550 e. The van der Waals surface area contributed by atoms with Crippen molar-refractivity contribution in [1.82, 2.24) is 0 Å². The van der Waals surface area contributed by atoms with Gasteiger partial charge in [0.15, 0.2) is 6.10 Å². The van der Waals surface area contributed by atoms with Gasteiger partial charge in [0.1, 0.15) is 0 Å². The molecule has 104 valence electrons. The first kappa shape index (κ1) is 28.0. The molecular formula is C8H10Na2O10. The molecule has 0 fully saturated rings. The number of aliphatic hydroxyl groups is 2. The molecule has 0 aromatic rings. The Morgan fingerprint density at radius 1 is 0.850 bits per heavy atom. The van der Waals surface area contributed by atoms with E-state index >= 15 is 0 Å². The van der Waals surface area contributed by atoms with Crippen LogP contribution < -0.4 is 69.3 Å². The maximum Gasteiger partial charge on any atom is 1.00 e. The van der Waals surface area contributed by atoms with Crippen LogP contribution in [-0.2, 0) is 19.2 Å². The molecular weight excluding hydrogens is 302 g/mol. The van der Waals surface area contributed by atoms with Gasteiger partial charge in [0, 0.05) is 12.4 Å². The van der Waals surface area contributed by atoms with E-state index < -0.39 is 48.9 Å². The summed E-state index contributed by atoms with van der Waals surface area (Å²) in [5.74, 6) is -6.27. The van der Waals surface area contributed by atoms with E-state index in [1.165, 1.54) is 0 Å². The molecule has 0 aliphatic heterocycles. The molecule has 0 aromatic heterocycles. The Hall–Kier alpha value is -0.200. The smallest absolute Gasteiger partial charge is 0.550 e. The zero-order chi connectivity index (χ0) is 14.9. The van der Waals surface area contributed by atoms with E-state index in [0.717, 1.165) is 0 Å². The second kappa shape index (κ2) is 15.2. The summed E-state index contributed by atoms with van der Waals surface area (Å²) in [6, 6.07) is 0. The summed E-state index contributed by atoms with van der Waals surface area (Å²) in [6.07, 6.45) is -5.44. The topological polar surface area (TPSA) is 195 Å². The summed E-state index contributed by atoms with van der Waals surface area (Å²) in [7, 11) is 0. The normalized spacial score (nSPS) is 11.3. The first-order valence-electron chi connectivity index (χ1n) is 4.29. The molecule has 0 aromatic carbocycles. The molecule has 12 heteroatoms. The molecule has 10 nitrogen and oxygen atoms in total. The van der Waals surface area contributed by atoms with Gasteiger partial charge in [0.25, 0.3) is 0 Å². The fourth-order valence-corrected chi connectivity index (χ4v) is 0.494. The van der Waals surface area contributed by atoms with Crippen LogP contribution in [0.25, 0.3) is 0 Å². The third-order valence-corrected chi connectivity index (χ3v) is 1.29. The quantitative estimate of drug-likeness (QED) is 0.342. The average Bonchev–Trinajstić information content (AvgIpc) is 2.16. The van der Waals surface area contributed by atoms with Crippen molar-refractivity contribution < 1.29 is 109 Å². The van der Waals surface area contributed by atoms with Gasteiger partial charge < -0.3 is 40.2 Å². The van der Waals surface area contributed by atoms with Gasteiger partial charge in [-0.25, -0.2) is 4.79 Å². The van der Waals surface area contributed by atoms with Crippen LogP contribution in [0.4, 0.5) is 0 Å². The summed E-state index contributed by atoms with van der Waals surface area (Å²) < 4.78 is 0. The Labute approximate surface area is 157 Å². The molecule has 2 unspecified atom stereocenters. The second-order valence-corrected chi connectivity index (χ2v) is 2.86. The third-order valence-electron chi connectivity index (χ3n) is 1.29. The Kier molecular flexibility index (Phi) is 21.3. The fourth-order valence-electron chi connectivity index (χ4n) is 0.494. The monoisotopic (exact) mass is 312 g/mol. The van der Waals surface area contributed by atoms with Gasteiger partial charge in [-0.05, 0) is 0 Å². The molecule has 0 spiro atoms. The van der Waals surface area contributed by atoms with Crippen molar-refractivity contribution in [1.29, 1.82) is 0 Å². The zero-order valence-corrected chi connectivity index (χ0v) is 14.8. The summed E-state index contributed by atoms with van der Waals surface area (Å²) in [5.41, 5.74) is 0. The molecule has 0 saturated carbocycles. The van der Waals surface area contributed by atoms with Crippen LogP contribution in [0.1, 0.15) is 12.8 Å². The van der Waals surface area contributed by atoms with Crippen molar-refractivity contribution in [2.45, 2.75) is 25.0 Å². The standard InChI is InChI=1S/2C4H6O5.2Na/c2*5-2(4(8)9)1-3(6)7;;/h2*2,5H,1H2,(H,6,7)(H,8,9);;/q;;2*+1/p-2. The van der Waals surface area contributed by atoms with Gasteiger partial charge in [-0.3, -0.25) is 4.79 Å². The maximum atomic E-state index is 9.72. The molecule has 0 amide bonds. The van der Waals surface area contributed by atoms with E-state index in [1.54, 1.807) is 0 Å². The number of carboxylic acid groups (broad SMARTS) is 4. The molecule has 4 N–H and O–H groups in total. The zero-order valence-electron chi connectivity index (χ0n) is 10.8. The van der Waals surface area contributed by atoms with Crippen molar-refractivity contribution in [2.75, 3.05) is 0 Å². The van der Waals surface area contributed by atoms with Crippen LogP contribution in [0.3, 0.4) is 0 Å². The van der Waals surface area contributed by atoms with Gasteiger partial charge in [0.2, 0.25) is 0 Å². The number of hydrogen-bond donors (Lipinski definition) is 4.